The molecule has 0 aliphatic heterocycles. The molecule has 7 aliphatic carbocycles. The second-order valence-corrected chi connectivity index (χ2v) is 14.2. The van der Waals surface area contributed by atoms with Gasteiger partial charge in [-0.05, 0) is 73.3 Å². The first-order valence-corrected chi connectivity index (χ1v) is 15.7. The van der Waals surface area contributed by atoms with E-state index in [2.05, 4.69) is 15.3 Å². The number of phenolic OH excluding ortho intramolecular Hbond substituents is 1. The van der Waals surface area contributed by atoms with Gasteiger partial charge < -0.3 is 41.6 Å². The van der Waals surface area contributed by atoms with Crippen LogP contribution >= 0.6 is 0 Å². The second kappa shape index (κ2) is 9.43. The van der Waals surface area contributed by atoms with Crippen molar-refractivity contribution in [3.63, 3.8) is 0 Å². The Kier molecular flexibility index (Phi) is 5.93. The minimum Gasteiger partial charge on any atom is -0.508 e. The SMILES string of the molecule is C[C@H]1c2ccc(Nc3ncc(C4C5CC6CC(C5)CC4C6)[nH]3)c(O)c2C(O)=C2C(=O)[C@]3(O)C(O)=C(C(N)=O)C(=O)C[C@@H]3[C@@H](O)[C@@H]21. The first-order valence-electron chi connectivity index (χ1n) is 15.7. The van der Waals surface area contributed by atoms with E-state index in [4.69, 9.17) is 5.73 Å². The molecule has 12 nitrogen and oxygen atoms in total. The molecular weight excluding hydrogens is 580 g/mol. The molecule has 1 aromatic carbocycles. The second-order valence-electron chi connectivity index (χ2n) is 14.2. The Morgan fingerprint density at radius 1 is 1.04 bits per heavy atom. The van der Waals surface area contributed by atoms with Crippen molar-refractivity contribution in [2.75, 3.05) is 5.32 Å². The monoisotopic (exact) mass is 616 g/mol. The highest BCUT2D eigenvalue weighted by Crippen LogP contribution is 2.60. The first-order chi connectivity index (χ1) is 21.4. The molecule has 9 rings (SSSR count). The lowest BCUT2D eigenvalue weighted by molar-refractivity contribution is -0.160. The summed E-state index contributed by atoms with van der Waals surface area (Å²) in [6, 6.07) is 3.29. The van der Waals surface area contributed by atoms with Gasteiger partial charge in [0.05, 0.1) is 23.6 Å². The van der Waals surface area contributed by atoms with Gasteiger partial charge in [-0.1, -0.05) is 13.0 Å². The number of carbonyl (C=O) groups excluding carboxylic acids is 3. The molecule has 1 amide bonds. The third-order valence-corrected chi connectivity index (χ3v) is 11.9. The molecule has 4 bridgehead atoms. The largest absolute Gasteiger partial charge is 0.508 e. The van der Waals surface area contributed by atoms with Crippen LogP contribution in [0.2, 0.25) is 0 Å². The van der Waals surface area contributed by atoms with Crippen LogP contribution in [0.5, 0.6) is 5.75 Å². The molecule has 9 N–H and O–H groups in total. The zero-order chi connectivity index (χ0) is 31.7. The number of anilines is 2. The van der Waals surface area contributed by atoms with Crippen LogP contribution in [0.1, 0.15) is 74.1 Å². The Morgan fingerprint density at radius 2 is 1.71 bits per heavy atom. The maximum Gasteiger partial charge on any atom is 0.255 e. The summed E-state index contributed by atoms with van der Waals surface area (Å²) in [5.41, 5.74) is 2.70. The average molecular weight is 617 g/mol. The van der Waals surface area contributed by atoms with Gasteiger partial charge in [-0.15, -0.1) is 0 Å². The molecule has 0 saturated heterocycles. The molecule has 0 spiro atoms. The number of hydrogen-bond donors (Lipinski definition) is 8. The van der Waals surface area contributed by atoms with E-state index < -0.39 is 76.0 Å². The number of aromatic amines is 1. The number of aromatic hydroxyl groups is 1. The average Bonchev–Trinajstić information content (AvgIpc) is 3.43. The molecule has 7 aliphatic rings. The van der Waals surface area contributed by atoms with E-state index in [1.807, 2.05) is 6.20 Å². The van der Waals surface area contributed by atoms with Crippen molar-refractivity contribution in [1.29, 1.82) is 0 Å². The van der Waals surface area contributed by atoms with E-state index in [1.54, 1.807) is 19.1 Å². The zero-order valence-corrected chi connectivity index (χ0v) is 24.7. The Labute approximate surface area is 258 Å². The van der Waals surface area contributed by atoms with Crippen LogP contribution in [-0.4, -0.2) is 64.7 Å². The molecule has 5 saturated carbocycles. The third kappa shape index (κ3) is 3.72. The topological polar surface area (TPSA) is 219 Å². The number of nitrogens with one attached hydrogen (secondary N) is 2. The summed E-state index contributed by atoms with van der Waals surface area (Å²) in [5, 5.41) is 59.8. The number of carbonyl (C=O) groups is 3. The quantitative estimate of drug-likeness (QED) is 0.185. The Morgan fingerprint density at radius 3 is 2.36 bits per heavy atom. The van der Waals surface area contributed by atoms with E-state index >= 15 is 0 Å². The highest BCUT2D eigenvalue weighted by atomic mass is 16.4. The van der Waals surface area contributed by atoms with E-state index in [9.17, 15) is 39.9 Å². The lowest BCUT2D eigenvalue weighted by Crippen LogP contribution is -2.63. The fourth-order valence-electron chi connectivity index (χ4n) is 10.2. The third-order valence-electron chi connectivity index (χ3n) is 11.9. The number of phenols is 1. The Balaban J connectivity index is 1.15. The number of fused-ring (bicyclic) bond motifs is 3. The number of H-pyrrole nitrogens is 1. The van der Waals surface area contributed by atoms with E-state index in [0.717, 1.165) is 17.5 Å². The number of hydrogen-bond acceptors (Lipinski definition) is 10. The van der Waals surface area contributed by atoms with Gasteiger partial charge in [0, 0.05) is 35.4 Å². The number of aliphatic hydroxyl groups excluding tert-OH is 3. The van der Waals surface area contributed by atoms with Crippen LogP contribution in [0.3, 0.4) is 0 Å². The number of primary amides is 1. The van der Waals surface area contributed by atoms with E-state index in [0.29, 0.717) is 29.3 Å². The molecule has 2 aromatic rings. The molecular formula is C33H36N4O8. The van der Waals surface area contributed by atoms with Crippen LogP contribution in [0.4, 0.5) is 11.6 Å². The number of nitrogens with two attached hydrogens (primary N) is 1. The van der Waals surface area contributed by atoms with Crippen LogP contribution in [0.15, 0.2) is 35.2 Å². The van der Waals surface area contributed by atoms with Crippen LogP contribution < -0.4 is 11.1 Å². The van der Waals surface area contributed by atoms with Crippen molar-refractivity contribution in [3.05, 3.63) is 52.1 Å². The van der Waals surface area contributed by atoms with Crippen LogP contribution in [-0.2, 0) is 14.4 Å². The summed E-state index contributed by atoms with van der Waals surface area (Å²) in [6.07, 6.45) is 6.07. The molecule has 236 valence electrons. The van der Waals surface area contributed by atoms with Gasteiger partial charge in [-0.3, -0.25) is 14.4 Å². The molecule has 5 fully saturated rings. The number of aliphatic hydroxyl groups is 4. The molecule has 5 atom stereocenters. The predicted molar refractivity (Wildman–Crippen MR) is 159 cm³/mol. The lowest BCUT2D eigenvalue weighted by Gasteiger charge is -2.54. The Hall–Kier alpha value is -4.16. The minimum absolute atomic E-state index is 0.0698. The van der Waals surface area contributed by atoms with Gasteiger partial charge in [-0.2, -0.15) is 0 Å². The minimum atomic E-state index is -2.87. The fraction of sp³-hybridized carbons (Fsp3) is 0.515. The first kappa shape index (κ1) is 28.3. The van der Waals surface area contributed by atoms with E-state index in [1.165, 1.54) is 32.1 Å². The fourth-order valence-corrected chi connectivity index (χ4v) is 10.2. The lowest BCUT2D eigenvalue weighted by atomic mass is 9.51. The summed E-state index contributed by atoms with van der Waals surface area (Å²) in [7, 11) is 0. The zero-order valence-electron chi connectivity index (χ0n) is 24.7. The highest BCUT2D eigenvalue weighted by molar-refractivity contribution is 6.23. The summed E-state index contributed by atoms with van der Waals surface area (Å²) in [4.78, 5) is 46.4. The number of aromatic nitrogens is 2. The van der Waals surface area contributed by atoms with Crippen molar-refractivity contribution in [2.45, 2.75) is 69.0 Å². The maximum absolute atomic E-state index is 13.9. The smallest absolute Gasteiger partial charge is 0.255 e. The molecule has 0 unspecified atom stereocenters. The number of rotatable bonds is 4. The number of amides is 1. The summed E-state index contributed by atoms with van der Waals surface area (Å²) < 4.78 is 0. The van der Waals surface area contributed by atoms with Gasteiger partial charge >= 0.3 is 0 Å². The van der Waals surface area contributed by atoms with Gasteiger partial charge in [0.2, 0.25) is 11.7 Å². The highest BCUT2D eigenvalue weighted by Gasteiger charge is 2.65. The molecule has 1 aromatic heterocycles. The number of nitrogens with zero attached hydrogens (tertiary/aromatic N) is 1. The van der Waals surface area contributed by atoms with Crippen LogP contribution in [0.25, 0.3) is 5.76 Å². The molecule has 1 heterocycles. The number of imidazole rings is 1. The van der Waals surface area contributed by atoms with E-state index in [-0.39, 0.29) is 17.0 Å². The number of Topliss-reactive ketones (excluding diaryl/α,β-unsaturated/α-hetero) is 2. The van der Waals surface area contributed by atoms with Crippen molar-refractivity contribution in [3.8, 4) is 5.75 Å². The molecule has 0 radical (unpaired) electrons. The van der Waals surface area contributed by atoms with Gasteiger partial charge in [0.15, 0.2) is 11.4 Å². The number of benzene rings is 1. The molecule has 45 heavy (non-hydrogen) atoms. The molecule has 12 heteroatoms. The Bertz CT molecular complexity index is 1730. The standard InChI is InChI=1S/C33H36N4O8/c1-11-16-2-3-18(36-32-35-10-19(37-32)22-14-5-12-4-13(7-14)8-15(22)6-12)27(40)23(16)28(41)25-21(11)26(39)17-9-20(38)24(31(34)44)29(42)33(17,45)30(25)43/h2-3,10-15,17,21-22,26,39-42,45H,4-9H2,1H3,(H2,34,44)(H2,35,36,37)/t11-,12?,13?,14?,15?,17+,21+,22?,26+,33+/m0/s1. The van der Waals surface area contributed by atoms with Crippen molar-refractivity contribution >= 4 is 34.9 Å². The van der Waals surface area contributed by atoms with Gasteiger partial charge in [-0.25, -0.2) is 4.98 Å². The summed E-state index contributed by atoms with van der Waals surface area (Å²) in [6.45, 7) is 1.70. The van der Waals surface area contributed by atoms with Crippen LogP contribution in [0, 0.1) is 35.5 Å². The summed E-state index contributed by atoms with van der Waals surface area (Å²) >= 11 is 0. The van der Waals surface area contributed by atoms with Gasteiger partial charge in [0.25, 0.3) is 5.91 Å². The normalized spacial score (nSPS) is 38.2. The number of ketones is 2. The van der Waals surface area contributed by atoms with Crippen molar-refractivity contribution < 1.29 is 39.9 Å². The van der Waals surface area contributed by atoms with Crippen molar-refractivity contribution in [1.82, 2.24) is 9.97 Å². The summed E-state index contributed by atoms with van der Waals surface area (Å²) in [5.74, 6) is -5.07. The van der Waals surface area contributed by atoms with Gasteiger partial charge in [0.1, 0.15) is 22.8 Å². The van der Waals surface area contributed by atoms with Crippen molar-refractivity contribution in [2.24, 2.45) is 41.2 Å². The predicted octanol–water partition coefficient (Wildman–Crippen LogP) is 2.96. The maximum atomic E-state index is 13.9.